The lowest BCUT2D eigenvalue weighted by molar-refractivity contribution is 1.08. The molecule has 0 saturated heterocycles. The molecule has 0 unspecified atom stereocenters. The second-order valence-electron chi connectivity index (χ2n) is 26.3. The molecule has 4 aromatic heterocycles. The fourth-order valence-electron chi connectivity index (χ4n) is 17.1. The number of hydrogen-bond acceptors (Lipinski definition) is 2. The molecule has 4 nitrogen and oxygen atoms in total. The number of para-hydroxylation sites is 2. The van der Waals surface area contributed by atoms with Crippen LogP contribution < -0.4 is 65.6 Å². The van der Waals surface area contributed by atoms with Crippen molar-refractivity contribution in [3.8, 4) is 33.9 Å². The molecule has 11 aromatic carbocycles. The van der Waals surface area contributed by atoms with Crippen molar-refractivity contribution >= 4 is 136 Å². The van der Waals surface area contributed by atoms with E-state index in [9.17, 15) is 0 Å². The Morgan fingerprint density at radius 2 is 0.696 bits per heavy atom. The minimum Gasteiger partial charge on any atom is -0.309 e. The Bertz CT molecular complexity index is 5480. The van der Waals surface area contributed by atoms with Gasteiger partial charge in [0.15, 0.2) is 0 Å². The van der Waals surface area contributed by atoms with Gasteiger partial charge in [0.25, 0.3) is 0 Å². The quantitative estimate of drug-likeness (QED) is 0.142. The van der Waals surface area contributed by atoms with Gasteiger partial charge in [-0.25, -0.2) is 4.98 Å². The van der Waals surface area contributed by atoms with E-state index in [1.165, 1.54) is 137 Å². The lowest BCUT2D eigenvalue weighted by Crippen LogP contribution is -2.76. The summed E-state index contributed by atoms with van der Waals surface area (Å²) in [6.07, 6.45) is 3.97. The van der Waals surface area contributed by atoms with Crippen LogP contribution in [-0.4, -0.2) is 46.0 Å². The Labute approximate surface area is 540 Å². The van der Waals surface area contributed by atoms with E-state index in [-0.39, 0.29) is 26.9 Å². The highest BCUT2D eigenvalue weighted by molar-refractivity contribution is 7.13. The molecule has 434 valence electrons. The first-order chi connectivity index (χ1) is 45.0. The number of benzene rings is 11. The molecule has 2 aliphatic heterocycles. The highest BCUT2D eigenvalue weighted by atomic mass is 15.1. The number of aromatic nitrogens is 4. The van der Waals surface area contributed by atoms with Gasteiger partial charge in [-0.1, -0.05) is 292 Å². The van der Waals surface area contributed by atoms with E-state index in [0.717, 1.165) is 50.4 Å². The minimum atomic E-state index is -0.0480. The van der Waals surface area contributed by atoms with Crippen molar-refractivity contribution < 1.29 is 0 Å². The number of nitrogens with zero attached hydrogens (tertiary/aromatic N) is 4. The summed E-state index contributed by atoms with van der Waals surface area (Å²) < 4.78 is 4.96. The van der Waals surface area contributed by atoms with E-state index in [1.807, 2.05) is 18.5 Å². The lowest BCUT2D eigenvalue weighted by Gasteiger charge is -2.36. The number of rotatable bonds is 8. The second kappa shape index (κ2) is 21.6. The zero-order valence-corrected chi connectivity index (χ0v) is 53.3. The van der Waals surface area contributed by atoms with Crippen LogP contribution in [0.4, 0.5) is 0 Å². The van der Waals surface area contributed by atoms with Gasteiger partial charge in [0.2, 0.25) is 26.9 Å². The van der Waals surface area contributed by atoms with Gasteiger partial charge in [-0.2, -0.15) is 0 Å². The summed E-state index contributed by atoms with van der Waals surface area (Å²) >= 11 is 0. The maximum atomic E-state index is 5.34. The Morgan fingerprint density at radius 3 is 1.23 bits per heavy atom. The van der Waals surface area contributed by atoms with Gasteiger partial charge in [0.05, 0.1) is 27.8 Å². The Kier molecular flexibility index (Phi) is 13.1. The minimum absolute atomic E-state index is 0.0396. The summed E-state index contributed by atoms with van der Waals surface area (Å²) in [6, 6.07) is 91.7. The van der Waals surface area contributed by atoms with Crippen molar-refractivity contribution in [1.29, 1.82) is 0 Å². The molecule has 8 heteroatoms. The third-order valence-corrected chi connectivity index (χ3v) is 21.0. The van der Waals surface area contributed by atoms with Crippen LogP contribution in [0.15, 0.2) is 255 Å². The predicted molar refractivity (Wildman–Crippen MR) is 397 cm³/mol. The van der Waals surface area contributed by atoms with E-state index in [0.29, 0.717) is 0 Å². The van der Waals surface area contributed by atoms with Gasteiger partial charge < -0.3 is 4.57 Å². The van der Waals surface area contributed by atoms with Crippen molar-refractivity contribution in [3.05, 3.63) is 300 Å². The first kappa shape index (κ1) is 55.6. The third kappa shape index (κ3) is 8.49. The van der Waals surface area contributed by atoms with Crippen LogP contribution in [0.25, 0.3) is 77.5 Å². The van der Waals surface area contributed by atoms with Crippen molar-refractivity contribution in [2.45, 2.75) is 55.4 Å². The van der Waals surface area contributed by atoms with E-state index in [1.54, 1.807) is 0 Å². The van der Waals surface area contributed by atoms with E-state index in [4.69, 9.17) is 9.97 Å². The van der Waals surface area contributed by atoms with Gasteiger partial charge in [-0.15, -0.1) is 0 Å². The maximum Gasteiger partial charge on any atom is 0.241 e. The zero-order valence-electron chi connectivity index (χ0n) is 53.3. The van der Waals surface area contributed by atoms with E-state index >= 15 is 0 Å². The topological polar surface area (TPSA) is 35.6 Å². The van der Waals surface area contributed by atoms with Crippen molar-refractivity contribution in [2.24, 2.45) is 0 Å². The van der Waals surface area contributed by atoms with Crippen molar-refractivity contribution in [3.63, 3.8) is 0 Å². The summed E-state index contributed by atoms with van der Waals surface area (Å²) in [7, 11) is 0. The van der Waals surface area contributed by atoms with Crippen LogP contribution >= 0.6 is 0 Å². The molecule has 0 spiro atoms. The van der Waals surface area contributed by atoms with Crippen molar-refractivity contribution in [1.82, 2.24) is 19.1 Å². The van der Waals surface area contributed by atoms with Crippen molar-refractivity contribution in [2.75, 3.05) is 0 Å². The molecule has 0 saturated carbocycles. The first-order valence-electron chi connectivity index (χ1n) is 32.6. The highest BCUT2D eigenvalue weighted by Gasteiger charge is 2.44. The lowest BCUT2D eigenvalue weighted by atomic mass is 9.20. The molecule has 92 heavy (non-hydrogen) atoms. The normalized spacial score (nSPS) is 12.7. The Balaban J connectivity index is 0.903. The average Bonchev–Trinajstić information content (AvgIpc) is 1.19. The number of pyridine rings is 2. The van der Waals surface area contributed by atoms with Crippen LogP contribution in [0.1, 0.15) is 44.5 Å². The molecule has 0 fully saturated rings. The molecule has 17 rings (SSSR count). The Morgan fingerprint density at radius 1 is 0.261 bits per heavy atom. The van der Waals surface area contributed by atoms with Gasteiger partial charge in [0.1, 0.15) is 5.82 Å². The van der Waals surface area contributed by atoms with E-state index in [2.05, 4.69) is 301 Å². The van der Waals surface area contributed by atoms with Gasteiger partial charge >= 0.3 is 0 Å². The molecule has 0 atom stereocenters. The number of hydrogen-bond donors (Lipinski definition) is 0. The van der Waals surface area contributed by atoms with Gasteiger partial charge in [0, 0.05) is 39.6 Å². The molecule has 0 aliphatic carbocycles. The standard InChI is InChI=1S/C84H66B4N4/c1-51-23-19-24-52(2)80(51)85-67-33-11-12-34-68(67)86(81-53(3)25-20-26-54(81)4)72-45-59(40-41-71(72)85)60-42-44-90-79(46-60)92-76-39-16-10-32-63(76)65-49-64-62-31-9-15-38-75(62)91(77(64)50-78(65)92)61-47-66(74-37-17-18-43-89-74)84-73(48-61)87(82-55(5)27-21-28-56(82)6)69-35-13-14-36-70(69)88(84)83-57(7)29-22-30-58(83)8/h9-50H,1-8H3. The molecule has 0 N–H and O–H groups in total. The zero-order chi connectivity index (χ0) is 62.2. The molecule has 0 radical (unpaired) electrons. The van der Waals surface area contributed by atoms with Crippen LogP contribution in [0.2, 0.25) is 0 Å². The second-order valence-corrected chi connectivity index (χ2v) is 26.3. The summed E-state index contributed by atoms with van der Waals surface area (Å²) in [5.41, 5.74) is 36.7. The van der Waals surface area contributed by atoms with Crippen LogP contribution in [0.3, 0.4) is 0 Å². The molecule has 2 aliphatic rings. The maximum absolute atomic E-state index is 5.34. The molecular weight excluding hydrogens is 1110 g/mol. The largest absolute Gasteiger partial charge is 0.309 e. The molecule has 0 amide bonds. The molecule has 15 aromatic rings. The summed E-state index contributed by atoms with van der Waals surface area (Å²) in [5.74, 6) is 0.873. The molecular formula is C84H66B4N4. The van der Waals surface area contributed by atoms with Crippen LogP contribution in [0, 0.1) is 55.4 Å². The fourth-order valence-corrected chi connectivity index (χ4v) is 17.1. The summed E-state index contributed by atoms with van der Waals surface area (Å²) in [6.45, 7) is 18.4. The SMILES string of the molecule is Cc1cccc(C)c1B1c2ccccc2B(c2c(C)cccc2C)c2cc(-c3ccnc(-n4c5ccccc5c5cc6c7ccccc7n(-c7cc8c(c(-c9ccccn9)c7)B(c7c(C)cccc7C)c7ccccc7B8c7c(C)cccc7C)c6cc54)c3)ccc21. The highest BCUT2D eigenvalue weighted by Crippen LogP contribution is 2.40. The molecule has 6 heterocycles. The van der Waals surface area contributed by atoms with E-state index < -0.39 is 0 Å². The van der Waals surface area contributed by atoms with Crippen LogP contribution in [0.5, 0.6) is 0 Å². The first-order valence-corrected chi connectivity index (χ1v) is 32.6. The fraction of sp³-hybridized carbons (Fsp3) is 0.0952. The van der Waals surface area contributed by atoms with Gasteiger partial charge in [-0.05, 0) is 133 Å². The Hall–Kier alpha value is -10.4. The van der Waals surface area contributed by atoms with Crippen LogP contribution in [-0.2, 0) is 0 Å². The monoisotopic (exact) mass is 1170 g/mol. The predicted octanol–water partition coefficient (Wildman–Crippen LogP) is 11.2. The molecule has 0 bridgehead atoms. The summed E-state index contributed by atoms with van der Waals surface area (Å²) in [5, 5.41) is 4.78. The number of aryl methyl sites for hydroxylation is 8. The smallest absolute Gasteiger partial charge is 0.241 e. The average molecular weight is 1170 g/mol. The van der Waals surface area contributed by atoms with Gasteiger partial charge in [-0.3, -0.25) is 9.55 Å². The summed E-state index contributed by atoms with van der Waals surface area (Å²) in [4.78, 5) is 10.6. The number of fused-ring (bicyclic) bond motifs is 10. The third-order valence-electron chi connectivity index (χ3n) is 21.0.